The standard InChI is InChI=1S/C14H22N4O/c1-14(2,3)10-7-16-12(17-8-10)6-13(19)18-5-4-11(15)9-18/h7-8,11H,4-6,9,15H2,1-3H3. The van der Waals surface area contributed by atoms with E-state index in [1.165, 1.54) is 0 Å². The van der Waals surface area contributed by atoms with Crippen LogP contribution in [0.4, 0.5) is 0 Å². The number of likely N-dealkylation sites (tertiary alicyclic amines) is 1. The lowest BCUT2D eigenvalue weighted by atomic mass is 9.89. The van der Waals surface area contributed by atoms with Crippen LogP contribution in [0.5, 0.6) is 0 Å². The molecule has 19 heavy (non-hydrogen) atoms. The van der Waals surface area contributed by atoms with Crippen molar-refractivity contribution in [3.05, 3.63) is 23.8 Å². The second kappa shape index (κ2) is 5.25. The molecule has 1 aliphatic rings. The summed E-state index contributed by atoms with van der Waals surface area (Å²) in [4.78, 5) is 22.4. The monoisotopic (exact) mass is 262 g/mol. The molecule has 1 aliphatic heterocycles. The second-order valence-corrected chi connectivity index (χ2v) is 6.20. The summed E-state index contributed by atoms with van der Waals surface area (Å²) >= 11 is 0. The molecule has 5 nitrogen and oxygen atoms in total. The maximum atomic E-state index is 12.0. The number of carbonyl (C=O) groups is 1. The van der Waals surface area contributed by atoms with E-state index in [0.717, 1.165) is 18.5 Å². The summed E-state index contributed by atoms with van der Waals surface area (Å²) in [6, 6.07) is 0.119. The first-order valence-electron chi connectivity index (χ1n) is 6.71. The molecule has 0 radical (unpaired) electrons. The maximum absolute atomic E-state index is 12.0. The fourth-order valence-corrected chi connectivity index (χ4v) is 2.09. The van der Waals surface area contributed by atoms with Crippen LogP contribution in [0.25, 0.3) is 0 Å². The van der Waals surface area contributed by atoms with E-state index in [4.69, 9.17) is 5.73 Å². The summed E-state index contributed by atoms with van der Waals surface area (Å²) in [5, 5.41) is 0. The van der Waals surface area contributed by atoms with Gasteiger partial charge in [-0.1, -0.05) is 20.8 Å². The smallest absolute Gasteiger partial charge is 0.230 e. The average molecular weight is 262 g/mol. The van der Waals surface area contributed by atoms with Crippen LogP contribution >= 0.6 is 0 Å². The molecule has 2 rings (SSSR count). The van der Waals surface area contributed by atoms with Crippen LogP contribution in [0.15, 0.2) is 12.4 Å². The van der Waals surface area contributed by atoms with Gasteiger partial charge in [0.25, 0.3) is 0 Å². The van der Waals surface area contributed by atoms with Gasteiger partial charge in [-0.05, 0) is 17.4 Å². The third-order valence-corrected chi connectivity index (χ3v) is 3.46. The predicted octanol–water partition coefficient (Wildman–Crippen LogP) is 0.876. The molecule has 2 N–H and O–H groups in total. The van der Waals surface area contributed by atoms with E-state index in [9.17, 15) is 4.79 Å². The van der Waals surface area contributed by atoms with E-state index < -0.39 is 0 Å². The molecule has 1 fully saturated rings. The molecular formula is C14H22N4O. The Morgan fingerprint density at radius 1 is 1.42 bits per heavy atom. The Labute approximate surface area is 114 Å². The Kier molecular flexibility index (Phi) is 3.85. The number of amides is 1. The molecule has 0 aromatic carbocycles. The normalized spacial score (nSPS) is 19.8. The highest BCUT2D eigenvalue weighted by molar-refractivity contribution is 5.78. The number of hydrogen-bond donors (Lipinski definition) is 1. The zero-order valence-corrected chi connectivity index (χ0v) is 11.9. The summed E-state index contributed by atoms with van der Waals surface area (Å²) in [6.07, 6.45) is 4.77. The minimum Gasteiger partial charge on any atom is -0.341 e. The molecule has 0 bridgehead atoms. The van der Waals surface area contributed by atoms with Gasteiger partial charge in [0, 0.05) is 31.5 Å². The molecule has 1 aromatic heterocycles. The van der Waals surface area contributed by atoms with Crippen molar-refractivity contribution in [3.8, 4) is 0 Å². The van der Waals surface area contributed by atoms with Crippen LogP contribution in [0.3, 0.4) is 0 Å². The van der Waals surface area contributed by atoms with Gasteiger partial charge in [0.2, 0.25) is 5.91 Å². The Morgan fingerprint density at radius 2 is 2.05 bits per heavy atom. The summed E-state index contributed by atoms with van der Waals surface area (Å²) < 4.78 is 0. The Bertz CT molecular complexity index is 450. The van der Waals surface area contributed by atoms with E-state index >= 15 is 0 Å². The van der Waals surface area contributed by atoms with Crippen LogP contribution in [-0.4, -0.2) is 39.9 Å². The molecular weight excluding hydrogens is 240 g/mol. The molecule has 1 unspecified atom stereocenters. The fourth-order valence-electron chi connectivity index (χ4n) is 2.09. The maximum Gasteiger partial charge on any atom is 0.230 e. The van der Waals surface area contributed by atoms with E-state index in [2.05, 4.69) is 30.7 Å². The van der Waals surface area contributed by atoms with Gasteiger partial charge in [-0.25, -0.2) is 9.97 Å². The molecule has 0 spiro atoms. The lowest BCUT2D eigenvalue weighted by molar-refractivity contribution is -0.129. The van der Waals surface area contributed by atoms with Gasteiger partial charge in [0.1, 0.15) is 5.82 Å². The lowest BCUT2D eigenvalue weighted by Gasteiger charge is -2.18. The molecule has 1 atom stereocenters. The molecule has 1 saturated heterocycles. The van der Waals surface area contributed by atoms with Crippen molar-refractivity contribution in [2.24, 2.45) is 5.73 Å². The number of hydrogen-bond acceptors (Lipinski definition) is 4. The van der Waals surface area contributed by atoms with E-state index in [1.54, 1.807) is 4.90 Å². The first-order valence-corrected chi connectivity index (χ1v) is 6.71. The number of nitrogens with two attached hydrogens (primary N) is 1. The van der Waals surface area contributed by atoms with Gasteiger partial charge in [-0.15, -0.1) is 0 Å². The SMILES string of the molecule is CC(C)(C)c1cnc(CC(=O)N2CCC(N)C2)nc1. The van der Waals surface area contributed by atoms with Crippen molar-refractivity contribution < 1.29 is 4.79 Å². The second-order valence-electron chi connectivity index (χ2n) is 6.20. The van der Waals surface area contributed by atoms with Crippen molar-refractivity contribution >= 4 is 5.91 Å². The molecule has 5 heteroatoms. The Hall–Kier alpha value is -1.49. The zero-order valence-electron chi connectivity index (χ0n) is 11.9. The summed E-state index contributed by atoms with van der Waals surface area (Å²) in [5.41, 5.74) is 6.91. The topological polar surface area (TPSA) is 72.1 Å². The largest absolute Gasteiger partial charge is 0.341 e. The van der Waals surface area contributed by atoms with E-state index in [-0.39, 0.29) is 23.8 Å². The van der Waals surface area contributed by atoms with Crippen molar-refractivity contribution in [1.82, 2.24) is 14.9 Å². The highest BCUT2D eigenvalue weighted by Crippen LogP contribution is 2.20. The third kappa shape index (κ3) is 3.50. The minimum atomic E-state index is 0.0320. The Morgan fingerprint density at radius 3 is 2.53 bits per heavy atom. The quantitative estimate of drug-likeness (QED) is 0.858. The van der Waals surface area contributed by atoms with Crippen LogP contribution < -0.4 is 5.73 Å². The zero-order chi connectivity index (χ0) is 14.0. The number of carbonyl (C=O) groups excluding carboxylic acids is 1. The van der Waals surface area contributed by atoms with E-state index in [1.807, 2.05) is 12.4 Å². The van der Waals surface area contributed by atoms with Gasteiger partial charge in [0.15, 0.2) is 0 Å². The number of nitrogens with zero attached hydrogens (tertiary/aromatic N) is 3. The molecule has 104 valence electrons. The van der Waals surface area contributed by atoms with Gasteiger partial charge in [0.05, 0.1) is 6.42 Å². The summed E-state index contributed by atoms with van der Waals surface area (Å²) in [6.45, 7) is 7.74. The van der Waals surface area contributed by atoms with Crippen molar-refractivity contribution in [1.29, 1.82) is 0 Å². The lowest BCUT2D eigenvalue weighted by Crippen LogP contribution is -2.33. The highest BCUT2D eigenvalue weighted by atomic mass is 16.2. The summed E-state index contributed by atoms with van der Waals surface area (Å²) in [5.74, 6) is 0.648. The number of rotatable bonds is 2. The first-order chi connectivity index (χ1) is 8.86. The molecule has 1 amide bonds. The van der Waals surface area contributed by atoms with Gasteiger partial charge >= 0.3 is 0 Å². The van der Waals surface area contributed by atoms with Crippen LogP contribution in [0.2, 0.25) is 0 Å². The molecule has 0 saturated carbocycles. The van der Waals surface area contributed by atoms with Crippen molar-refractivity contribution in [2.75, 3.05) is 13.1 Å². The number of aromatic nitrogens is 2. The van der Waals surface area contributed by atoms with Crippen molar-refractivity contribution in [2.45, 2.75) is 45.1 Å². The molecule has 0 aliphatic carbocycles. The highest BCUT2D eigenvalue weighted by Gasteiger charge is 2.24. The van der Waals surface area contributed by atoms with E-state index in [0.29, 0.717) is 12.4 Å². The minimum absolute atomic E-state index is 0.0320. The summed E-state index contributed by atoms with van der Waals surface area (Å²) in [7, 11) is 0. The molecule has 1 aromatic rings. The van der Waals surface area contributed by atoms with Crippen LogP contribution in [-0.2, 0) is 16.6 Å². The average Bonchev–Trinajstić information content (AvgIpc) is 2.75. The van der Waals surface area contributed by atoms with Crippen molar-refractivity contribution in [3.63, 3.8) is 0 Å². The molecule has 2 heterocycles. The fraction of sp³-hybridized carbons (Fsp3) is 0.643. The van der Waals surface area contributed by atoms with Gasteiger partial charge in [-0.2, -0.15) is 0 Å². The first kappa shape index (κ1) is 13.9. The van der Waals surface area contributed by atoms with Crippen LogP contribution in [0, 0.1) is 0 Å². The Balaban J connectivity index is 1.98. The predicted molar refractivity (Wildman–Crippen MR) is 73.6 cm³/mol. The van der Waals surface area contributed by atoms with Crippen LogP contribution in [0.1, 0.15) is 38.6 Å². The van der Waals surface area contributed by atoms with Gasteiger partial charge < -0.3 is 10.6 Å². The van der Waals surface area contributed by atoms with Gasteiger partial charge in [-0.3, -0.25) is 4.79 Å². The third-order valence-electron chi connectivity index (χ3n) is 3.46.